The molecule has 3 heteroatoms. The third kappa shape index (κ3) is 5.04. The molecule has 102 valence electrons. The Morgan fingerprint density at radius 1 is 1.21 bits per heavy atom. The van der Waals surface area contributed by atoms with Crippen LogP contribution in [-0.2, 0) is 6.54 Å². The minimum absolute atomic E-state index is 0.0554. The molecule has 1 aromatic carbocycles. The monoisotopic (exact) mass is 258 g/mol. The predicted molar refractivity (Wildman–Crippen MR) is 77.6 cm³/mol. The minimum atomic E-state index is -0.136. The number of aliphatic hydroxyl groups excluding tert-OH is 1. The van der Waals surface area contributed by atoms with Crippen molar-refractivity contribution in [3.05, 3.63) is 35.9 Å². The van der Waals surface area contributed by atoms with Crippen molar-refractivity contribution in [3.8, 4) is 11.8 Å². The third-order valence-electron chi connectivity index (χ3n) is 3.36. The second kappa shape index (κ2) is 7.96. The average Bonchev–Trinajstić information content (AvgIpc) is 2.97. The summed E-state index contributed by atoms with van der Waals surface area (Å²) in [6, 6.07) is 10.0. The number of hydrogen-bond donors (Lipinski definition) is 2. The summed E-state index contributed by atoms with van der Waals surface area (Å²) in [5.74, 6) is 6.28. The van der Waals surface area contributed by atoms with Crippen molar-refractivity contribution < 1.29 is 5.11 Å². The van der Waals surface area contributed by atoms with E-state index in [9.17, 15) is 5.11 Å². The first-order valence-corrected chi connectivity index (χ1v) is 6.97. The Hall–Kier alpha value is -1.34. The maximum Gasteiger partial charge on any atom is 0.0926 e. The standard InChI is InChI=1S/C16H22N2O/c19-14-16(9-6-12-18-10-4-5-11-18)17-13-15-7-2-1-3-8-15/h1-3,7-8,16-17,19H,4-5,10-14H2/t16-/m0/s1. The van der Waals surface area contributed by atoms with Gasteiger partial charge in [-0.3, -0.25) is 10.2 Å². The molecule has 0 bridgehead atoms. The molecule has 0 spiro atoms. The molecule has 1 aliphatic rings. The van der Waals surface area contributed by atoms with E-state index in [1.807, 2.05) is 18.2 Å². The zero-order valence-corrected chi connectivity index (χ0v) is 11.3. The second-order valence-corrected chi connectivity index (χ2v) is 4.91. The Morgan fingerprint density at radius 3 is 2.63 bits per heavy atom. The minimum Gasteiger partial charge on any atom is -0.394 e. The van der Waals surface area contributed by atoms with Crippen LogP contribution < -0.4 is 5.32 Å². The van der Waals surface area contributed by atoms with E-state index in [1.54, 1.807) is 0 Å². The molecule has 2 rings (SSSR count). The van der Waals surface area contributed by atoms with Crippen molar-refractivity contribution in [1.29, 1.82) is 0 Å². The normalized spacial score (nSPS) is 16.9. The van der Waals surface area contributed by atoms with Crippen LogP contribution in [-0.4, -0.2) is 42.3 Å². The summed E-state index contributed by atoms with van der Waals surface area (Å²) in [4.78, 5) is 2.36. The van der Waals surface area contributed by atoms with Crippen LogP contribution in [0.3, 0.4) is 0 Å². The number of nitrogens with zero attached hydrogens (tertiary/aromatic N) is 1. The molecular weight excluding hydrogens is 236 g/mol. The van der Waals surface area contributed by atoms with Crippen molar-refractivity contribution in [2.45, 2.75) is 25.4 Å². The molecular formula is C16H22N2O. The molecule has 1 atom stereocenters. The average molecular weight is 258 g/mol. The first-order chi connectivity index (χ1) is 9.38. The van der Waals surface area contributed by atoms with E-state index in [0.29, 0.717) is 0 Å². The lowest BCUT2D eigenvalue weighted by Gasteiger charge is -2.11. The summed E-state index contributed by atoms with van der Waals surface area (Å²) >= 11 is 0. The first kappa shape index (κ1) is 14.1. The molecule has 1 aliphatic heterocycles. The van der Waals surface area contributed by atoms with Crippen LogP contribution >= 0.6 is 0 Å². The van der Waals surface area contributed by atoms with Crippen LogP contribution in [0.1, 0.15) is 18.4 Å². The molecule has 0 aliphatic carbocycles. The summed E-state index contributed by atoms with van der Waals surface area (Å²) in [5, 5.41) is 12.6. The Kier molecular flexibility index (Phi) is 5.90. The van der Waals surface area contributed by atoms with Gasteiger partial charge in [0.15, 0.2) is 0 Å². The van der Waals surface area contributed by atoms with E-state index >= 15 is 0 Å². The maximum absolute atomic E-state index is 9.32. The highest BCUT2D eigenvalue weighted by atomic mass is 16.3. The van der Waals surface area contributed by atoms with Gasteiger partial charge in [0.1, 0.15) is 0 Å². The third-order valence-corrected chi connectivity index (χ3v) is 3.36. The zero-order chi connectivity index (χ0) is 13.3. The van der Waals surface area contributed by atoms with Crippen LogP contribution in [0.5, 0.6) is 0 Å². The zero-order valence-electron chi connectivity index (χ0n) is 11.3. The van der Waals surface area contributed by atoms with E-state index in [-0.39, 0.29) is 12.6 Å². The van der Waals surface area contributed by atoms with Crippen molar-refractivity contribution in [1.82, 2.24) is 10.2 Å². The van der Waals surface area contributed by atoms with Crippen molar-refractivity contribution in [2.75, 3.05) is 26.2 Å². The van der Waals surface area contributed by atoms with E-state index < -0.39 is 0 Å². The summed E-state index contributed by atoms with van der Waals surface area (Å²) in [7, 11) is 0. The van der Waals surface area contributed by atoms with Gasteiger partial charge in [-0.2, -0.15) is 0 Å². The van der Waals surface area contributed by atoms with Gasteiger partial charge in [-0.25, -0.2) is 0 Å². The molecule has 0 unspecified atom stereocenters. The van der Waals surface area contributed by atoms with E-state index in [2.05, 4.69) is 34.2 Å². The smallest absolute Gasteiger partial charge is 0.0926 e. The highest BCUT2D eigenvalue weighted by Gasteiger charge is 2.09. The van der Waals surface area contributed by atoms with E-state index in [4.69, 9.17) is 0 Å². The number of likely N-dealkylation sites (tertiary alicyclic amines) is 1. The highest BCUT2D eigenvalue weighted by Crippen LogP contribution is 2.05. The van der Waals surface area contributed by atoms with Gasteiger partial charge in [-0.05, 0) is 31.5 Å². The molecule has 3 nitrogen and oxygen atoms in total. The molecule has 1 aromatic rings. The Balaban J connectivity index is 1.75. The first-order valence-electron chi connectivity index (χ1n) is 6.97. The van der Waals surface area contributed by atoms with Crippen molar-refractivity contribution in [3.63, 3.8) is 0 Å². The van der Waals surface area contributed by atoms with Gasteiger partial charge >= 0.3 is 0 Å². The fraction of sp³-hybridized carbons (Fsp3) is 0.500. The van der Waals surface area contributed by atoms with E-state index in [1.165, 1.54) is 18.4 Å². The largest absolute Gasteiger partial charge is 0.394 e. The van der Waals surface area contributed by atoms with Gasteiger partial charge in [-0.1, -0.05) is 42.2 Å². The Bertz CT molecular complexity index is 415. The van der Waals surface area contributed by atoms with Crippen LogP contribution in [0.25, 0.3) is 0 Å². The number of benzene rings is 1. The van der Waals surface area contributed by atoms with Crippen LogP contribution in [0.2, 0.25) is 0 Å². The fourth-order valence-corrected chi connectivity index (χ4v) is 2.22. The van der Waals surface area contributed by atoms with Gasteiger partial charge in [0.05, 0.1) is 19.2 Å². The molecule has 2 N–H and O–H groups in total. The van der Waals surface area contributed by atoms with Gasteiger partial charge in [0, 0.05) is 6.54 Å². The van der Waals surface area contributed by atoms with Gasteiger partial charge < -0.3 is 5.11 Å². The highest BCUT2D eigenvalue weighted by molar-refractivity contribution is 5.16. The molecule has 0 saturated carbocycles. The summed E-state index contributed by atoms with van der Waals surface area (Å²) in [6.07, 6.45) is 2.58. The molecule has 1 heterocycles. The SMILES string of the molecule is OC[C@H](C#CCN1CCCC1)NCc1ccccc1. The number of nitrogens with one attached hydrogen (secondary N) is 1. The summed E-state index contributed by atoms with van der Waals surface area (Å²) in [5.41, 5.74) is 1.21. The quantitative estimate of drug-likeness (QED) is 0.780. The number of aliphatic hydroxyl groups is 1. The summed E-state index contributed by atoms with van der Waals surface area (Å²) in [6.45, 7) is 3.94. The molecule has 1 saturated heterocycles. The summed E-state index contributed by atoms with van der Waals surface area (Å²) < 4.78 is 0. The number of rotatable bonds is 5. The molecule has 19 heavy (non-hydrogen) atoms. The fourth-order valence-electron chi connectivity index (χ4n) is 2.22. The van der Waals surface area contributed by atoms with E-state index in [0.717, 1.165) is 26.2 Å². The molecule has 0 amide bonds. The maximum atomic E-state index is 9.32. The van der Waals surface area contributed by atoms with Crippen LogP contribution in [0.4, 0.5) is 0 Å². The topological polar surface area (TPSA) is 35.5 Å². The van der Waals surface area contributed by atoms with Gasteiger partial charge in [0.25, 0.3) is 0 Å². The predicted octanol–water partition coefficient (Wildman–Crippen LogP) is 1.24. The number of hydrogen-bond acceptors (Lipinski definition) is 3. The molecule has 0 aromatic heterocycles. The Morgan fingerprint density at radius 2 is 1.95 bits per heavy atom. The second-order valence-electron chi connectivity index (χ2n) is 4.91. The van der Waals surface area contributed by atoms with Gasteiger partial charge in [0.2, 0.25) is 0 Å². The van der Waals surface area contributed by atoms with Gasteiger partial charge in [-0.15, -0.1) is 0 Å². The van der Waals surface area contributed by atoms with Crippen molar-refractivity contribution >= 4 is 0 Å². The lowest BCUT2D eigenvalue weighted by Crippen LogP contribution is -2.31. The van der Waals surface area contributed by atoms with Crippen molar-refractivity contribution in [2.24, 2.45) is 0 Å². The van der Waals surface area contributed by atoms with Crippen LogP contribution in [0.15, 0.2) is 30.3 Å². The Labute approximate surface area is 115 Å². The lowest BCUT2D eigenvalue weighted by molar-refractivity contribution is 0.267. The lowest BCUT2D eigenvalue weighted by atomic mass is 10.2. The van der Waals surface area contributed by atoms with Crippen LogP contribution in [0, 0.1) is 11.8 Å². The molecule has 0 radical (unpaired) electrons. The molecule has 1 fully saturated rings.